The number of nitrogens with one attached hydrogen (secondary N) is 1. The smallest absolute Gasteiger partial charge is 0.217 e. The van der Waals surface area contributed by atoms with E-state index in [1.807, 2.05) is 18.2 Å². The summed E-state index contributed by atoms with van der Waals surface area (Å²) in [7, 11) is 5.98. The van der Waals surface area contributed by atoms with Crippen molar-refractivity contribution < 1.29 is 4.74 Å². The Bertz CT molecular complexity index is 1240. The van der Waals surface area contributed by atoms with Crippen molar-refractivity contribution in [1.82, 2.24) is 9.88 Å². The van der Waals surface area contributed by atoms with Gasteiger partial charge in [-0.2, -0.15) is 0 Å². The number of pyridine rings is 1. The van der Waals surface area contributed by atoms with Crippen molar-refractivity contribution in [3.8, 4) is 5.88 Å². The number of hydrogen-bond acceptors (Lipinski definition) is 4. The van der Waals surface area contributed by atoms with Crippen LogP contribution in [0.2, 0.25) is 0 Å². The average molecular weight is 466 g/mol. The lowest BCUT2D eigenvalue weighted by Crippen LogP contribution is -2.17. The second-order valence-corrected chi connectivity index (χ2v) is 9.39. The van der Waals surface area contributed by atoms with Gasteiger partial charge in [0.15, 0.2) is 0 Å². The third kappa shape index (κ3) is 5.95. The van der Waals surface area contributed by atoms with E-state index in [-0.39, 0.29) is 11.8 Å². The van der Waals surface area contributed by atoms with Gasteiger partial charge in [0.05, 0.1) is 12.6 Å². The molecule has 3 aromatic carbocycles. The van der Waals surface area contributed by atoms with E-state index in [2.05, 4.69) is 85.7 Å². The minimum absolute atomic E-state index is 0.0912. The maximum Gasteiger partial charge on any atom is 0.217 e. The number of hydrogen-bond donors (Lipinski definition) is 1. The van der Waals surface area contributed by atoms with Crippen LogP contribution < -0.4 is 4.74 Å². The highest BCUT2D eigenvalue weighted by Gasteiger charge is 2.29. The monoisotopic (exact) mass is 465 g/mol. The van der Waals surface area contributed by atoms with Crippen LogP contribution in [0.3, 0.4) is 0 Å². The quantitative estimate of drug-likeness (QED) is 0.194. The summed E-state index contributed by atoms with van der Waals surface area (Å²) in [6.07, 6.45) is 4.75. The van der Waals surface area contributed by atoms with Gasteiger partial charge in [-0.25, -0.2) is 4.98 Å². The van der Waals surface area contributed by atoms with Gasteiger partial charge in [-0.05, 0) is 74.3 Å². The van der Waals surface area contributed by atoms with Crippen molar-refractivity contribution in [1.29, 1.82) is 5.41 Å². The van der Waals surface area contributed by atoms with Crippen molar-refractivity contribution in [3.63, 3.8) is 0 Å². The number of aromatic nitrogens is 1. The molecule has 2 unspecified atom stereocenters. The molecule has 4 nitrogen and oxygen atoms in total. The van der Waals surface area contributed by atoms with Crippen LogP contribution in [0.1, 0.15) is 53.4 Å². The van der Waals surface area contributed by atoms with Gasteiger partial charge in [0.1, 0.15) is 0 Å². The Morgan fingerprint density at radius 3 is 2.20 bits per heavy atom. The van der Waals surface area contributed by atoms with Gasteiger partial charge in [-0.15, -0.1) is 0 Å². The van der Waals surface area contributed by atoms with E-state index < -0.39 is 0 Å². The van der Waals surface area contributed by atoms with E-state index in [4.69, 9.17) is 15.1 Å². The molecule has 0 aliphatic heterocycles. The van der Waals surface area contributed by atoms with Crippen molar-refractivity contribution in [2.45, 2.75) is 31.1 Å². The molecule has 0 fully saturated rings. The number of unbranched alkanes of at least 4 members (excludes halogenated alkanes) is 1. The van der Waals surface area contributed by atoms with E-state index in [9.17, 15) is 0 Å². The first-order chi connectivity index (χ1) is 17.1. The summed E-state index contributed by atoms with van der Waals surface area (Å²) in [6.45, 7) is 1.09. The third-order valence-corrected chi connectivity index (χ3v) is 6.69. The fourth-order valence-electron chi connectivity index (χ4n) is 4.98. The zero-order valence-corrected chi connectivity index (χ0v) is 20.9. The molecule has 0 amide bonds. The predicted molar refractivity (Wildman–Crippen MR) is 146 cm³/mol. The topological polar surface area (TPSA) is 49.2 Å². The van der Waals surface area contributed by atoms with Gasteiger partial charge in [-0.1, -0.05) is 73.2 Å². The maximum absolute atomic E-state index is 7.70. The van der Waals surface area contributed by atoms with Crippen LogP contribution in [0.4, 0.5) is 0 Å². The molecule has 0 radical (unpaired) electrons. The Hall–Kier alpha value is -3.50. The van der Waals surface area contributed by atoms with Crippen LogP contribution in [-0.2, 0) is 0 Å². The van der Waals surface area contributed by atoms with Gasteiger partial charge in [-0.3, -0.25) is 0 Å². The summed E-state index contributed by atoms with van der Waals surface area (Å²) in [4.78, 5) is 7.16. The minimum atomic E-state index is 0.0912. The molecule has 0 saturated heterocycles. The zero-order valence-electron chi connectivity index (χ0n) is 20.9. The summed E-state index contributed by atoms with van der Waals surface area (Å²) in [6, 6.07) is 29.8. The van der Waals surface area contributed by atoms with E-state index >= 15 is 0 Å². The van der Waals surface area contributed by atoms with E-state index in [0.29, 0.717) is 5.88 Å². The average Bonchev–Trinajstić information content (AvgIpc) is 2.90. The Balaban J connectivity index is 1.87. The van der Waals surface area contributed by atoms with Crippen molar-refractivity contribution in [2.75, 3.05) is 27.7 Å². The highest BCUT2D eigenvalue weighted by molar-refractivity contribution is 5.88. The van der Waals surface area contributed by atoms with Crippen molar-refractivity contribution in [2.24, 2.45) is 0 Å². The lowest BCUT2D eigenvalue weighted by molar-refractivity contribution is 0.376. The first-order valence-electron chi connectivity index (χ1n) is 12.3. The molecule has 4 aromatic rings. The molecule has 0 aliphatic carbocycles. The third-order valence-electron chi connectivity index (χ3n) is 6.69. The molecule has 0 spiro atoms. The standard InChI is InChI=1S/C31H35N3O/c1-34(2)19-11-10-16-27(24-12-6-4-7-13-24)30(25-14-8-5-9-15-25)28-21-26-20-23(22-32)17-18-29(26)33-31(28)35-3/h4-9,12-15,17-18,20-22,27,30,32H,10-11,16,19H2,1-3H3. The molecule has 35 heavy (non-hydrogen) atoms. The van der Waals surface area contributed by atoms with Crippen LogP contribution in [-0.4, -0.2) is 43.8 Å². The van der Waals surface area contributed by atoms with Crippen LogP contribution in [0, 0.1) is 5.41 Å². The molecule has 1 aromatic heterocycles. The molecule has 4 rings (SSSR count). The molecule has 2 atom stereocenters. The number of fused-ring (bicyclic) bond motifs is 1. The highest BCUT2D eigenvalue weighted by Crippen LogP contribution is 2.45. The second kappa shape index (κ2) is 11.8. The van der Waals surface area contributed by atoms with E-state index in [1.165, 1.54) is 17.3 Å². The summed E-state index contributed by atoms with van der Waals surface area (Å²) in [5, 5.41) is 8.73. The number of nitrogens with zero attached hydrogens (tertiary/aromatic N) is 2. The summed E-state index contributed by atoms with van der Waals surface area (Å²) in [5.74, 6) is 1.04. The van der Waals surface area contributed by atoms with Gasteiger partial charge in [0.25, 0.3) is 0 Å². The minimum Gasteiger partial charge on any atom is -0.481 e. The molecule has 4 heteroatoms. The van der Waals surface area contributed by atoms with Crippen molar-refractivity contribution in [3.05, 3.63) is 107 Å². The Labute approximate surface area is 209 Å². The fourth-order valence-corrected chi connectivity index (χ4v) is 4.98. The second-order valence-electron chi connectivity index (χ2n) is 9.39. The largest absolute Gasteiger partial charge is 0.481 e. The van der Waals surface area contributed by atoms with Crippen LogP contribution in [0.15, 0.2) is 84.9 Å². The molecule has 0 aliphatic rings. The summed E-state index contributed by atoms with van der Waals surface area (Å²) >= 11 is 0. The fraction of sp³-hybridized carbons (Fsp3) is 0.290. The number of rotatable bonds is 11. The summed E-state index contributed by atoms with van der Waals surface area (Å²) < 4.78 is 5.89. The highest BCUT2D eigenvalue weighted by atomic mass is 16.5. The Morgan fingerprint density at radius 1 is 0.886 bits per heavy atom. The Kier molecular flexibility index (Phi) is 8.27. The van der Waals surface area contributed by atoms with E-state index in [0.717, 1.165) is 47.8 Å². The molecule has 0 saturated carbocycles. The maximum atomic E-state index is 7.70. The molecule has 1 N–H and O–H groups in total. The van der Waals surface area contributed by atoms with Crippen LogP contribution >= 0.6 is 0 Å². The molecular formula is C31H35N3O. The molecule has 0 bridgehead atoms. The van der Waals surface area contributed by atoms with Gasteiger partial charge in [0, 0.05) is 23.1 Å². The number of benzene rings is 3. The zero-order chi connectivity index (χ0) is 24.6. The summed E-state index contributed by atoms with van der Waals surface area (Å²) in [5.41, 5.74) is 5.44. The first-order valence-corrected chi connectivity index (χ1v) is 12.3. The van der Waals surface area contributed by atoms with Crippen LogP contribution in [0.5, 0.6) is 5.88 Å². The first kappa shape index (κ1) is 24.6. The number of ether oxygens (including phenoxy) is 1. The Morgan fingerprint density at radius 2 is 1.57 bits per heavy atom. The number of methoxy groups -OCH3 is 1. The van der Waals surface area contributed by atoms with Gasteiger partial charge >= 0.3 is 0 Å². The lowest BCUT2D eigenvalue weighted by Gasteiger charge is -2.30. The SMILES string of the molecule is COc1nc2ccc(C=N)cc2cc1C(c1ccccc1)C(CCCCN(C)C)c1ccccc1. The van der Waals surface area contributed by atoms with Crippen molar-refractivity contribution >= 4 is 17.1 Å². The van der Waals surface area contributed by atoms with E-state index in [1.54, 1.807) is 7.11 Å². The molecule has 180 valence electrons. The normalized spacial score (nSPS) is 13.0. The van der Waals surface area contributed by atoms with Crippen LogP contribution in [0.25, 0.3) is 10.9 Å². The van der Waals surface area contributed by atoms with Gasteiger partial charge < -0.3 is 15.0 Å². The predicted octanol–water partition coefficient (Wildman–Crippen LogP) is 6.89. The van der Waals surface area contributed by atoms with Gasteiger partial charge in [0.2, 0.25) is 5.88 Å². The molecular weight excluding hydrogens is 430 g/mol. The molecule has 1 heterocycles. The lowest BCUT2D eigenvalue weighted by atomic mass is 9.75.